The number of carbonyl (C=O) groups excluding carboxylic acids is 2. The maximum Gasteiger partial charge on any atom is 0.323 e. The van der Waals surface area contributed by atoms with Gasteiger partial charge in [0.05, 0.1) is 4.90 Å². The van der Waals surface area contributed by atoms with Gasteiger partial charge in [-0.1, -0.05) is 54.6 Å². The van der Waals surface area contributed by atoms with Crippen LogP contribution in [0.25, 0.3) is 5.52 Å². The van der Waals surface area contributed by atoms with E-state index in [0.717, 1.165) is 11.6 Å². The molecule has 1 unspecified atom stereocenters. The maximum atomic E-state index is 12.7. The van der Waals surface area contributed by atoms with E-state index in [1.807, 2.05) is 30.3 Å². The van der Waals surface area contributed by atoms with Gasteiger partial charge >= 0.3 is 12.0 Å². The zero-order valence-corrected chi connectivity index (χ0v) is 22.4. The van der Waals surface area contributed by atoms with Gasteiger partial charge in [0, 0.05) is 43.0 Å². The number of carboxylic acid groups (broad SMARTS) is 1. The number of pyridine rings is 2. The highest BCUT2D eigenvalue weighted by Crippen LogP contribution is 2.10. The van der Waals surface area contributed by atoms with Gasteiger partial charge in [0.2, 0.25) is 10.0 Å². The molecule has 4 aromatic rings. The van der Waals surface area contributed by atoms with E-state index < -0.39 is 40.0 Å². The highest BCUT2D eigenvalue weighted by molar-refractivity contribution is 7.89. The standard InChI is InChI=1S/C28H27N5O7S/c34-25-14-21(26(35)29-17-24(27(36)37)32-41(39,40)23-9-5-2-6-10-23)13-22-12-11-20(18-33(22)25)16-31-28(38)30-15-19-7-3-1-4-8-19/h1-14,18,24,32H,15-17H2,(H,29,35)(H,36,37)(H2,30,31,38). The second-order valence-corrected chi connectivity index (χ2v) is 10.7. The van der Waals surface area contributed by atoms with E-state index in [9.17, 15) is 32.7 Å². The summed E-state index contributed by atoms with van der Waals surface area (Å²) in [6.07, 6.45) is 1.54. The Labute approximate surface area is 235 Å². The van der Waals surface area contributed by atoms with Crippen LogP contribution in [0.2, 0.25) is 0 Å². The predicted molar refractivity (Wildman–Crippen MR) is 150 cm³/mol. The molecule has 1 atom stereocenters. The summed E-state index contributed by atoms with van der Waals surface area (Å²) >= 11 is 0. The van der Waals surface area contributed by atoms with Crippen molar-refractivity contribution in [3.8, 4) is 0 Å². The van der Waals surface area contributed by atoms with Gasteiger partial charge in [-0.2, -0.15) is 4.72 Å². The number of aliphatic carboxylic acids is 1. The highest BCUT2D eigenvalue weighted by Gasteiger charge is 2.26. The zero-order valence-electron chi connectivity index (χ0n) is 21.6. The van der Waals surface area contributed by atoms with Gasteiger partial charge in [-0.25, -0.2) is 13.2 Å². The van der Waals surface area contributed by atoms with Crippen molar-refractivity contribution in [2.75, 3.05) is 6.54 Å². The van der Waals surface area contributed by atoms with Crippen LogP contribution in [0, 0.1) is 0 Å². The second-order valence-electron chi connectivity index (χ2n) is 8.97. The Hall–Kier alpha value is -5.01. The zero-order chi connectivity index (χ0) is 29.4. The van der Waals surface area contributed by atoms with Crippen LogP contribution < -0.4 is 26.2 Å². The largest absolute Gasteiger partial charge is 0.480 e. The third-order valence-electron chi connectivity index (χ3n) is 5.99. The molecule has 0 spiro atoms. The Morgan fingerprint density at radius 1 is 0.805 bits per heavy atom. The molecule has 0 aliphatic rings. The quantitative estimate of drug-likeness (QED) is 0.179. The van der Waals surface area contributed by atoms with Crippen LogP contribution >= 0.6 is 0 Å². The van der Waals surface area contributed by atoms with Gasteiger partial charge in [-0.15, -0.1) is 0 Å². The number of nitrogens with zero attached hydrogens (tertiary/aromatic N) is 1. The minimum atomic E-state index is -4.15. The molecule has 0 radical (unpaired) electrons. The Morgan fingerprint density at radius 3 is 2.10 bits per heavy atom. The molecule has 2 heterocycles. The first-order chi connectivity index (χ1) is 19.6. The number of nitrogens with one attached hydrogen (secondary N) is 4. The number of carboxylic acids is 1. The van der Waals surface area contributed by atoms with Crippen molar-refractivity contribution in [1.82, 2.24) is 25.1 Å². The van der Waals surface area contributed by atoms with Crippen LogP contribution in [-0.4, -0.2) is 48.4 Å². The number of sulfonamides is 1. The van der Waals surface area contributed by atoms with Crippen LogP contribution in [0.5, 0.6) is 0 Å². The van der Waals surface area contributed by atoms with E-state index in [-0.39, 0.29) is 23.0 Å². The Kier molecular flexibility index (Phi) is 9.12. The molecule has 12 nitrogen and oxygen atoms in total. The average Bonchev–Trinajstić information content (AvgIpc) is 2.97. The summed E-state index contributed by atoms with van der Waals surface area (Å²) in [4.78, 5) is 49.1. The van der Waals surface area contributed by atoms with E-state index in [1.165, 1.54) is 40.9 Å². The smallest absolute Gasteiger partial charge is 0.323 e. The molecular weight excluding hydrogens is 550 g/mol. The number of benzene rings is 2. The fourth-order valence-corrected chi connectivity index (χ4v) is 5.07. The first-order valence-corrected chi connectivity index (χ1v) is 13.9. The molecular formula is C28H27N5O7S. The van der Waals surface area contributed by atoms with Crippen LogP contribution in [0.1, 0.15) is 21.5 Å². The first kappa shape index (κ1) is 29.0. The van der Waals surface area contributed by atoms with Crippen molar-refractivity contribution in [2.45, 2.75) is 24.0 Å². The number of hydrogen-bond donors (Lipinski definition) is 5. The number of rotatable bonds is 11. The topological polar surface area (TPSA) is 175 Å². The molecule has 212 valence electrons. The van der Waals surface area contributed by atoms with Crippen molar-refractivity contribution >= 4 is 33.4 Å². The lowest BCUT2D eigenvalue weighted by Crippen LogP contribution is -2.48. The first-order valence-electron chi connectivity index (χ1n) is 12.4. The second kappa shape index (κ2) is 12.9. The van der Waals surface area contributed by atoms with Crippen molar-refractivity contribution in [3.05, 3.63) is 118 Å². The monoisotopic (exact) mass is 577 g/mol. The SMILES string of the molecule is O=C(NCc1ccccc1)NCc1ccc2cc(C(=O)NCC(NS(=O)(=O)c3ccccc3)C(=O)O)cc(=O)n2c1. The molecule has 0 aliphatic carbocycles. The number of aromatic nitrogens is 1. The van der Waals surface area contributed by atoms with E-state index in [0.29, 0.717) is 17.6 Å². The summed E-state index contributed by atoms with van der Waals surface area (Å²) in [6, 6.07) is 20.4. The number of carbonyl (C=O) groups is 3. The van der Waals surface area contributed by atoms with Gasteiger partial charge < -0.3 is 21.1 Å². The summed E-state index contributed by atoms with van der Waals surface area (Å²) in [5.74, 6) is -2.24. The normalized spacial score (nSPS) is 11.9. The molecule has 13 heteroatoms. The lowest BCUT2D eigenvalue weighted by molar-refractivity contribution is -0.138. The fraction of sp³-hybridized carbons (Fsp3) is 0.143. The number of hydrogen-bond acceptors (Lipinski definition) is 6. The lowest BCUT2D eigenvalue weighted by atomic mass is 10.2. The lowest BCUT2D eigenvalue weighted by Gasteiger charge is -2.16. The maximum absolute atomic E-state index is 12.7. The van der Waals surface area contributed by atoms with Gasteiger partial charge in [0.1, 0.15) is 6.04 Å². The Morgan fingerprint density at radius 2 is 1.44 bits per heavy atom. The van der Waals surface area contributed by atoms with Crippen LogP contribution in [-0.2, 0) is 27.9 Å². The van der Waals surface area contributed by atoms with Crippen molar-refractivity contribution in [1.29, 1.82) is 0 Å². The van der Waals surface area contributed by atoms with E-state index in [1.54, 1.807) is 18.2 Å². The van der Waals surface area contributed by atoms with Crippen LogP contribution in [0.3, 0.4) is 0 Å². The molecule has 0 fully saturated rings. The van der Waals surface area contributed by atoms with E-state index >= 15 is 0 Å². The van der Waals surface area contributed by atoms with Crippen LogP contribution in [0.4, 0.5) is 4.79 Å². The summed E-state index contributed by atoms with van der Waals surface area (Å²) in [5.41, 5.74) is 1.42. The fourth-order valence-electron chi connectivity index (χ4n) is 3.86. The number of amides is 3. The molecule has 2 aromatic carbocycles. The summed E-state index contributed by atoms with van der Waals surface area (Å²) in [5, 5.41) is 17.3. The molecule has 0 saturated carbocycles. The number of fused-ring (bicyclic) bond motifs is 1. The summed E-state index contributed by atoms with van der Waals surface area (Å²) in [6.45, 7) is -0.0436. The third kappa shape index (κ3) is 7.77. The molecule has 0 aliphatic heterocycles. The Balaban J connectivity index is 1.37. The average molecular weight is 578 g/mol. The molecule has 5 N–H and O–H groups in total. The van der Waals surface area contributed by atoms with E-state index in [2.05, 4.69) is 20.7 Å². The molecule has 3 amide bonds. The highest BCUT2D eigenvalue weighted by atomic mass is 32.2. The van der Waals surface area contributed by atoms with Gasteiger partial charge in [0.25, 0.3) is 11.5 Å². The molecule has 2 aromatic heterocycles. The van der Waals surface area contributed by atoms with E-state index in [4.69, 9.17) is 0 Å². The van der Waals surface area contributed by atoms with Gasteiger partial charge in [-0.05, 0) is 35.4 Å². The number of urea groups is 1. The molecule has 41 heavy (non-hydrogen) atoms. The minimum absolute atomic E-state index is 0.0313. The van der Waals surface area contributed by atoms with Crippen molar-refractivity contribution < 1.29 is 27.9 Å². The third-order valence-corrected chi connectivity index (χ3v) is 7.48. The summed E-state index contributed by atoms with van der Waals surface area (Å²) < 4.78 is 28.4. The summed E-state index contributed by atoms with van der Waals surface area (Å²) in [7, 11) is -4.15. The molecule has 0 saturated heterocycles. The van der Waals surface area contributed by atoms with Crippen LogP contribution in [0.15, 0.2) is 101 Å². The van der Waals surface area contributed by atoms with Crippen molar-refractivity contribution in [2.24, 2.45) is 0 Å². The van der Waals surface area contributed by atoms with Crippen molar-refractivity contribution in [3.63, 3.8) is 0 Å². The molecule has 4 rings (SSSR count). The minimum Gasteiger partial charge on any atom is -0.480 e. The predicted octanol–water partition coefficient (Wildman–Crippen LogP) is 1.46. The van der Waals surface area contributed by atoms with Gasteiger partial charge in [0.15, 0.2) is 0 Å². The van der Waals surface area contributed by atoms with Gasteiger partial charge in [-0.3, -0.25) is 18.8 Å². The Bertz CT molecular complexity index is 1730. The molecule has 0 bridgehead atoms.